The van der Waals surface area contributed by atoms with Gasteiger partial charge in [-0.15, -0.1) is 0 Å². The predicted octanol–water partition coefficient (Wildman–Crippen LogP) is 0.593. The van der Waals surface area contributed by atoms with E-state index in [-0.39, 0.29) is 12.2 Å². The van der Waals surface area contributed by atoms with E-state index in [0.717, 1.165) is 0 Å². The van der Waals surface area contributed by atoms with Crippen LogP contribution < -0.4 is 10.3 Å². The second-order valence-electron chi connectivity index (χ2n) is 2.74. The Labute approximate surface area is 90.8 Å². The van der Waals surface area contributed by atoms with E-state index in [2.05, 4.69) is 5.32 Å². The maximum Gasteiger partial charge on any atom is 0.381 e. The van der Waals surface area contributed by atoms with Gasteiger partial charge in [0, 0.05) is 0 Å². The summed E-state index contributed by atoms with van der Waals surface area (Å²) in [7, 11) is 0. The SMILES string of the molecule is O=CCNC(=O)N(c1ccccc1)[N+](=O)[O-]. The molecular weight excluding hydrogens is 214 g/mol. The maximum atomic E-state index is 11.4. The number of amides is 2. The van der Waals surface area contributed by atoms with E-state index in [1.807, 2.05) is 0 Å². The molecule has 0 aliphatic heterocycles. The molecule has 0 saturated carbocycles. The summed E-state index contributed by atoms with van der Waals surface area (Å²) in [6, 6.07) is 6.69. The average molecular weight is 223 g/mol. The fraction of sp³-hybridized carbons (Fsp3) is 0.111. The van der Waals surface area contributed by atoms with Gasteiger partial charge in [0.15, 0.2) is 5.03 Å². The van der Waals surface area contributed by atoms with Crippen LogP contribution in [0.4, 0.5) is 10.5 Å². The number of rotatable bonds is 4. The van der Waals surface area contributed by atoms with Gasteiger partial charge < -0.3 is 10.1 Å². The summed E-state index contributed by atoms with van der Waals surface area (Å²) < 4.78 is 0. The van der Waals surface area contributed by atoms with Gasteiger partial charge in [-0.1, -0.05) is 18.2 Å². The molecule has 0 aromatic heterocycles. The molecule has 7 heteroatoms. The molecule has 1 N–H and O–H groups in total. The Morgan fingerprint density at radius 2 is 2.06 bits per heavy atom. The molecule has 1 aromatic carbocycles. The molecular formula is C9H9N3O4. The molecule has 7 nitrogen and oxygen atoms in total. The number of urea groups is 1. The van der Waals surface area contributed by atoms with Gasteiger partial charge in [-0.05, 0) is 17.1 Å². The van der Waals surface area contributed by atoms with E-state index >= 15 is 0 Å². The van der Waals surface area contributed by atoms with Gasteiger partial charge >= 0.3 is 6.03 Å². The van der Waals surface area contributed by atoms with Gasteiger partial charge in [-0.25, -0.2) is 14.9 Å². The first-order chi connectivity index (χ1) is 7.66. The number of nitrogens with zero attached hydrogens (tertiary/aromatic N) is 2. The first-order valence-corrected chi connectivity index (χ1v) is 4.37. The average Bonchev–Trinajstić information content (AvgIpc) is 2.27. The van der Waals surface area contributed by atoms with E-state index < -0.39 is 11.1 Å². The second kappa shape index (κ2) is 5.44. The van der Waals surface area contributed by atoms with Crippen LogP contribution in [-0.4, -0.2) is 23.9 Å². The van der Waals surface area contributed by atoms with Crippen molar-refractivity contribution in [2.24, 2.45) is 0 Å². The Morgan fingerprint density at radius 3 is 2.56 bits per heavy atom. The lowest BCUT2D eigenvalue weighted by Gasteiger charge is -2.11. The number of hydrazine groups is 1. The van der Waals surface area contributed by atoms with Gasteiger partial charge in [-0.3, -0.25) is 0 Å². The van der Waals surface area contributed by atoms with Gasteiger partial charge in [0.2, 0.25) is 0 Å². The predicted molar refractivity (Wildman–Crippen MR) is 55.4 cm³/mol. The third kappa shape index (κ3) is 2.77. The zero-order chi connectivity index (χ0) is 12.0. The molecule has 0 spiro atoms. The molecule has 0 atom stereocenters. The van der Waals surface area contributed by atoms with Gasteiger partial charge in [0.1, 0.15) is 12.0 Å². The molecule has 0 bridgehead atoms. The molecule has 2 amide bonds. The molecule has 0 unspecified atom stereocenters. The van der Waals surface area contributed by atoms with E-state index in [1.54, 1.807) is 18.2 Å². The molecule has 0 radical (unpaired) electrons. The number of carbonyl (C=O) groups is 2. The second-order valence-corrected chi connectivity index (χ2v) is 2.74. The minimum absolute atomic E-state index is 0.121. The quantitative estimate of drug-likeness (QED) is 0.459. The van der Waals surface area contributed by atoms with Gasteiger partial charge in [0.05, 0.1) is 6.54 Å². The van der Waals surface area contributed by atoms with E-state index in [4.69, 9.17) is 0 Å². The van der Waals surface area contributed by atoms with Gasteiger partial charge in [0.25, 0.3) is 0 Å². The molecule has 16 heavy (non-hydrogen) atoms. The lowest BCUT2D eigenvalue weighted by molar-refractivity contribution is -0.481. The smallest absolute Gasteiger partial charge is 0.326 e. The van der Waals surface area contributed by atoms with E-state index in [9.17, 15) is 19.7 Å². The summed E-state index contributed by atoms with van der Waals surface area (Å²) in [5, 5.41) is 12.3. The summed E-state index contributed by atoms with van der Waals surface area (Å²) in [6.07, 6.45) is 0.445. The molecule has 0 aliphatic carbocycles. The minimum atomic E-state index is -0.955. The van der Waals surface area contributed by atoms with Crippen molar-refractivity contribution in [2.45, 2.75) is 0 Å². The number of aldehydes is 1. The molecule has 84 valence electrons. The number of carbonyl (C=O) groups excluding carboxylic acids is 2. The van der Waals surface area contributed by atoms with E-state index in [0.29, 0.717) is 11.3 Å². The lowest BCUT2D eigenvalue weighted by Crippen LogP contribution is -2.44. The van der Waals surface area contributed by atoms with Crippen molar-refractivity contribution in [2.75, 3.05) is 11.6 Å². The summed E-state index contributed by atoms with van der Waals surface area (Å²) in [4.78, 5) is 32.1. The molecule has 1 aromatic rings. The Morgan fingerprint density at radius 1 is 1.44 bits per heavy atom. The minimum Gasteiger partial charge on any atom is -0.326 e. The number of nitrogens with one attached hydrogen (secondary N) is 1. The monoisotopic (exact) mass is 223 g/mol. The number of nitro groups is 1. The van der Waals surface area contributed by atoms with Crippen molar-refractivity contribution in [3.63, 3.8) is 0 Å². The normalized spacial score (nSPS) is 9.25. The Balaban J connectivity index is 2.88. The number of hydrogen-bond donors (Lipinski definition) is 1. The van der Waals surface area contributed by atoms with Crippen LogP contribution in [0.3, 0.4) is 0 Å². The standard InChI is InChI=1S/C9H9N3O4/c13-7-6-10-9(14)11(12(15)16)8-4-2-1-3-5-8/h1-5,7H,6H2,(H,10,14). The molecule has 0 fully saturated rings. The first-order valence-electron chi connectivity index (χ1n) is 4.37. The van der Waals surface area contributed by atoms with Crippen molar-refractivity contribution in [3.05, 3.63) is 40.4 Å². The van der Waals surface area contributed by atoms with Crippen LogP contribution >= 0.6 is 0 Å². The summed E-state index contributed by atoms with van der Waals surface area (Å²) in [5.41, 5.74) is 0.121. The largest absolute Gasteiger partial charge is 0.381 e. The summed E-state index contributed by atoms with van der Waals surface area (Å²) >= 11 is 0. The van der Waals surface area contributed by atoms with Crippen LogP contribution in [0.15, 0.2) is 30.3 Å². The van der Waals surface area contributed by atoms with E-state index in [1.165, 1.54) is 12.1 Å². The number of anilines is 1. The zero-order valence-electron chi connectivity index (χ0n) is 8.20. The number of para-hydroxylation sites is 1. The van der Waals surface area contributed by atoms with Crippen LogP contribution in [0.2, 0.25) is 0 Å². The van der Waals surface area contributed by atoms with Crippen molar-refractivity contribution in [3.8, 4) is 0 Å². The van der Waals surface area contributed by atoms with Crippen LogP contribution in [-0.2, 0) is 4.79 Å². The fourth-order valence-corrected chi connectivity index (χ4v) is 1.06. The topological polar surface area (TPSA) is 92.6 Å². The van der Waals surface area contributed by atoms with Crippen molar-refractivity contribution in [1.82, 2.24) is 5.32 Å². The summed E-state index contributed by atoms with van der Waals surface area (Å²) in [5.74, 6) is 0. The lowest BCUT2D eigenvalue weighted by atomic mass is 10.3. The highest BCUT2D eigenvalue weighted by molar-refractivity contribution is 5.90. The maximum absolute atomic E-state index is 11.4. The fourth-order valence-electron chi connectivity index (χ4n) is 1.06. The Kier molecular flexibility index (Phi) is 3.96. The third-order valence-corrected chi connectivity index (χ3v) is 1.69. The first kappa shape index (κ1) is 11.6. The summed E-state index contributed by atoms with van der Waals surface area (Å²) in [6.45, 7) is -0.268. The Bertz CT molecular complexity index is 393. The Hall–Kier alpha value is -2.44. The van der Waals surface area contributed by atoms with Crippen molar-refractivity contribution < 1.29 is 14.6 Å². The molecule has 1 rings (SSSR count). The highest BCUT2D eigenvalue weighted by Gasteiger charge is 2.25. The van der Waals surface area contributed by atoms with Gasteiger partial charge in [-0.2, -0.15) is 0 Å². The molecule has 0 saturated heterocycles. The van der Waals surface area contributed by atoms with Crippen LogP contribution in [0.5, 0.6) is 0 Å². The highest BCUT2D eigenvalue weighted by Crippen LogP contribution is 2.12. The molecule has 0 aliphatic rings. The van der Waals surface area contributed by atoms with Crippen molar-refractivity contribution >= 4 is 18.0 Å². The van der Waals surface area contributed by atoms with Crippen molar-refractivity contribution in [1.29, 1.82) is 0 Å². The molecule has 0 heterocycles. The van der Waals surface area contributed by atoms with Crippen LogP contribution in [0.25, 0.3) is 0 Å². The van der Waals surface area contributed by atoms with Crippen LogP contribution in [0.1, 0.15) is 0 Å². The third-order valence-electron chi connectivity index (χ3n) is 1.69. The number of hydrogen-bond acceptors (Lipinski definition) is 4. The highest BCUT2D eigenvalue weighted by atomic mass is 16.7. The van der Waals surface area contributed by atoms with Crippen LogP contribution in [0, 0.1) is 10.1 Å². The number of benzene rings is 1. The zero-order valence-corrected chi connectivity index (χ0v) is 8.20.